The monoisotopic (exact) mass is 684 g/mol. The van der Waals surface area contributed by atoms with E-state index in [0.717, 1.165) is 31.7 Å². The number of hydrogen-bond donors (Lipinski definition) is 2. The summed E-state index contributed by atoms with van der Waals surface area (Å²) in [6, 6.07) is 11.2. The number of aromatic hydroxyl groups is 1. The highest BCUT2D eigenvalue weighted by molar-refractivity contribution is 7.22. The second-order valence-corrected chi connectivity index (χ2v) is 15.3. The molecule has 2 aliphatic carbocycles. The summed E-state index contributed by atoms with van der Waals surface area (Å²) >= 11 is 7.84. The fraction of sp³-hybridized carbons (Fsp3) is 0.361. The van der Waals surface area contributed by atoms with Gasteiger partial charge < -0.3 is 5.11 Å². The predicted molar refractivity (Wildman–Crippen MR) is 180 cm³/mol. The molecule has 1 saturated carbocycles. The van der Waals surface area contributed by atoms with Crippen molar-refractivity contribution >= 4 is 62.5 Å². The fourth-order valence-electron chi connectivity index (χ4n) is 8.97. The van der Waals surface area contributed by atoms with Crippen LogP contribution in [0.5, 0.6) is 5.75 Å². The number of anilines is 1. The van der Waals surface area contributed by atoms with Crippen molar-refractivity contribution in [3.05, 3.63) is 75.3 Å². The van der Waals surface area contributed by atoms with Crippen LogP contribution in [-0.4, -0.2) is 48.8 Å². The molecule has 4 heterocycles. The van der Waals surface area contributed by atoms with Gasteiger partial charge in [-0.05, 0) is 92.3 Å². The molecule has 2 aromatic carbocycles. The summed E-state index contributed by atoms with van der Waals surface area (Å²) in [7, 11) is 1.71. The number of carbonyl (C=O) groups is 4. The number of halogens is 1. The molecule has 2 saturated heterocycles. The molecular formula is C36H33ClN4O6S. The number of phenols is 1. The standard InChI is InChI=1S/C36H33ClN4O6S/c1-15-10-18(11-16(2)30(15)42)29-20-7-8-21-28(34(45)41(47)32(21)43)23(20)13-24-33(44)40(35(46)36(24,29)4)27-14-25(38-39(27)5)31-17(3)22-12-19(37)6-9-26(22)48-31/h6-7,9-12,14,21,23-24,28-29,42,47H,8,13H2,1-5H3. The Bertz CT molecular complexity index is 2160. The van der Waals surface area contributed by atoms with Crippen molar-refractivity contribution in [3.8, 4) is 16.3 Å². The molecule has 0 bridgehead atoms. The van der Waals surface area contributed by atoms with Crippen LogP contribution >= 0.6 is 22.9 Å². The Morgan fingerprint density at radius 3 is 2.40 bits per heavy atom. The van der Waals surface area contributed by atoms with Crippen molar-refractivity contribution in [2.75, 3.05) is 4.90 Å². The van der Waals surface area contributed by atoms with Crippen molar-refractivity contribution < 1.29 is 29.5 Å². The summed E-state index contributed by atoms with van der Waals surface area (Å²) in [5.41, 5.74) is 3.18. The van der Waals surface area contributed by atoms with E-state index in [-0.39, 0.29) is 29.6 Å². The molecule has 2 aliphatic heterocycles. The van der Waals surface area contributed by atoms with E-state index in [1.165, 1.54) is 4.90 Å². The van der Waals surface area contributed by atoms with Gasteiger partial charge >= 0.3 is 0 Å². The summed E-state index contributed by atoms with van der Waals surface area (Å²) in [6.07, 6.45) is 2.34. The average Bonchev–Trinajstić information content (AvgIpc) is 3.71. The molecule has 48 heavy (non-hydrogen) atoms. The summed E-state index contributed by atoms with van der Waals surface area (Å²) in [4.78, 5) is 57.8. The van der Waals surface area contributed by atoms with Crippen LogP contribution in [-0.2, 0) is 26.2 Å². The zero-order valence-corrected chi connectivity index (χ0v) is 28.5. The van der Waals surface area contributed by atoms with Gasteiger partial charge in [-0.3, -0.25) is 29.1 Å². The maximum atomic E-state index is 14.9. The van der Waals surface area contributed by atoms with Gasteiger partial charge in [-0.2, -0.15) is 10.2 Å². The molecule has 3 fully saturated rings. The van der Waals surface area contributed by atoms with Gasteiger partial charge in [0.2, 0.25) is 11.8 Å². The highest BCUT2D eigenvalue weighted by Crippen LogP contribution is 2.64. The zero-order chi connectivity index (χ0) is 34.1. The summed E-state index contributed by atoms with van der Waals surface area (Å²) in [6.45, 7) is 7.39. The molecule has 12 heteroatoms. The first-order valence-electron chi connectivity index (χ1n) is 15.9. The number of carbonyl (C=O) groups excluding carboxylic acids is 4. The molecule has 10 nitrogen and oxygen atoms in total. The molecule has 6 atom stereocenters. The van der Waals surface area contributed by atoms with Crippen LogP contribution in [0.2, 0.25) is 5.02 Å². The number of benzene rings is 2. The van der Waals surface area contributed by atoms with Crippen LogP contribution in [0.25, 0.3) is 20.7 Å². The normalized spacial score (nSPS) is 28.3. The molecule has 4 amide bonds. The van der Waals surface area contributed by atoms with Gasteiger partial charge in [0, 0.05) is 28.8 Å². The molecule has 4 aromatic rings. The first kappa shape index (κ1) is 31.0. The molecule has 6 unspecified atom stereocenters. The van der Waals surface area contributed by atoms with Crippen molar-refractivity contribution in [1.82, 2.24) is 14.8 Å². The number of fused-ring (bicyclic) bond motifs is 5. The Balaban J connectivity index is 1.27. The SMILES string of the molecule is Cc1cc(C2C3=CCC4C(=O)N(O)C(=O)C4C3CC3C(=O)N(c4cc(-c5sc6ccc(Cl)cc6c5C)nn4C)C(=O)C32C)cc(C)c1O. The van der Waals surface area contributed by atoms with Crippen LogP contribution in [0.4, 0.5) is 5.82 Å². The van der Waals surface area contributed by atoms with Gasteiger partial charge in [-0.25, -0.2) is 4.90 Å². The predicted octanol–water partition coefficient (Wildman–Crippen LogP) is 6.21. The Morgan fingerprint density at radius 2 is 1.69 bits per heavy atom. The maximum absolute atomic E-state index is 14.9. The van der Waals surface area contributed by atoms with E-state index in [9.17, 15) is 29.5 Å². The van der Waals surface area contributed by atoms with Gasteiger partial charge in [-0.15, -0.1) is 11.3 Å². The van der Waals surface area contributed by atoms with Crippen molar-refractivity contribution in [2.45, 2.75) is 46.5 Å². The van der Waals surface area contributed by atoms with Crippen LogP contribution in [0.1, 0.15) is 47.9 Å². The van der Waals surface area contributed by atoms with E-state index in [2.05, 4.69) is 0 Å². The number of hydrogen-bond acceptors (Lipinski definition) is 8. The number of aromatic nitrogens is 2. The number of aryl methyl sites for hydroxylation is 4. The Morgan fingerprint density at radius 1 is 0.979 bits per heavy atom. The van der Waals surface area contributed by atoms with Gasteiger partial charge in [0.25, 0.3) is 11.8 Å². The third-order valence-electron chi connectivity index (χ3n) is 11.3. The molecule has 4 aliphatic rings. The second-order valence-electron chi connectivity index (χ2n) is 13.9. The van der Waals surface area contributed by atoms with Crippen molar-refractivity contribution in [2.24, 2.45) is 36.1 Å². The number of amides is 4. The molecule has 0 radical (unpaired) electrons. The second kappa shape index (κ2) is 10.3. The Labute approximate surface area is 285 Å². The summed E-state index contributed by atoms with van der Waals surface area (Å²) in [5, 5.41) is 27.6. The number of phenolic OH excluding ortho intramolecular Hbond substituents is 1. The van der Waals surface area contributed by atoms with Gasteiger partial charge in [0.15, 0.2) is 0 Å². The van der Waals surface area contributed by atoms with Gasteiger partial charge in [0.05, 0.1) is 28.0 Å². The van der Waals surface area contributed by atoms with Crippen LogP contribution in [0.15, 0.2) is 48.0 Å². The quantitative estimate of drug-likeness (QED) is 0.149. The topological polar surface area (TPSA) is 133 Å². The minimum Gasteiger partial charge on any atom is -0.507 e. The van der Waals surface area contributed by atoms with E-state index >= 15 is 0 Å². The molecule has 2 N–H and O–H groups in total. The minimum atomic E-state index is -1.25. The van der Waals surface area contributed by atoms with E-state index in [1.54, 1.807) is 43.0 Å². The summed E-state index contributed by atoms with van der Waals surface area (Å²) < 4.78 is 2.60. The lowest BCUT2D eigenvalue weighted by molar-refractivity contribution is -0.173. The summed E-state index contributed by atoms with van der Waals surface area (Å²) in [5.74, 6) is -5.16. The first-order chi connectivity index (χ1) is 22.7. The average molecular weight is 685 g/mol. The van der Waals surface area contributed by atoms with Gasteiger partial charge in [0.1, 0.15) is 17.3 Å². The molecule has 0 spiro atoms. The van der Waals surface area contributed by atoms with Crippen LogP contribution in [0, 0.1) is 49.9 Å². The first-order valence-corrected chi connectivity index (χ1v) is 17.1. The highest BCUT2D eigenvalue weighted by Gasteiger charge is 2.68. The lowest BCUT2D eigenvalue weighted by Gasteiger charge is -2.49. The Kier molecular flexibility index (Phi) is 6.67. The largest absolute Gasteiger partial charge is 0.507 e. The van der Waals surface area contributed by atoms with Crippen LogP contribution < -0.4 is 4.90 Å². The third kappa shape index (κ3) is 3.98. The smallest absolute Gasteiger partial charge is 0.257 e. The number of thiophene rings is 1. The number of nitrogens with zero attached hydrogens (tertiary/aromatic N) is 4. The van der Waals surface area contributed by atoms with Crippen LogP contribution in [0.3, 0.4) is 0 Å². The molecule has 246 valence electrons. The van der Waals surface area contributed by atoms with E-state index in [0.29, 0.717) is 27.7 Å². The van der Waals surface area contributed by atoms with E-state index in [4.69, 9.17) is 16.7 Å². The number of imide groups is 2. The van der Waals surface area contributed by atoms with Crippen molar-refractivity contribution in [1.29, 1.82) is 0 Å². The lowest BCUT2D eigenvalue weighted by Crippen LogP contribution is -2.48. The lowest BCUT2D eigenvalue weighted by atomic mass is 9.51. The van der Waals surface area contributed by atoms with E-state index < -0.39 is 52.7 Å². The zero-order valence-electron chi connectivity index (χ0n) is 26.9. The number of allylic oxidation sites excluding steroid dienone is 2. The fourth-order valence-corrected chi connectivity index (χ4v) is 10.3. The van der Waals surface area contributed by atoms with Crippen molar-refractivity contribution in [3.63, 3.8) is 0 Å². The number of hydroxylamine groups is 2. The highest BCUT2D eigenvalue weighted by atomic mass is 35.5. The molecule has 2 aromatic heterocycles. The molecular weight excluding hydrogens is 652 g/mol. The minimum absolute atomic E-state index is 0.148. The third-order valence-corrected chi connectivity index (χ3v) is 12.8. The van der Waals surface area contributed by atoms with E-state index in [1.807, 2.05) is 50.3 Å². The maximum Gasteiger partial charge on any atom is 0.257 e. The molecule has 8 rings (SSSR count). The number of rotatable bonds is 3. The van der Waals surface area contributed by atoms with Gasteiger partial charge in [-0.1, -0.05) is 35.4 Å². The Hall–Kier alpha value is -4.32.